The van der Waals surface area contributed by atoms with Crippen molar-refractivity contribution >= 4 is 28.2 Å². The Balaban J connectivity index is 1.26. The summed E-state index contributed by atoms with van der Waals surface area (Å²) in [6.45, 7) is 0. The fraction of sp³-hybridized carbons (Fsp3) is 0. The Kier molecular flexibility index (Phi) is 5.91. The van der Waals surface area contributed by atoms with E-state index in [0.717, 1.165) is 16.5 Å². The highest BCUT2D eigenvalue weighted by Crippen LogP contribution is 2.35. The molecular formula is C29H21N7O2. The van der Waals surface area contributed by atoms with Crippen LogP contribution >= 0.6 is 0 Å². The van der Waals surface area contributed by atoms with Crippen LogP contribution in [-0.4, -0.2) is 30.3 Å². The van der Waals surface area contributed by atoms with Crippen LogP contribution in [0.15, 0.2) is 103 Å². The lowest BCUT2D eigenvalue weighted by Crippen LogP contribution is -1.99. The van der Waals surface area contributed by atoms with E-state index >= 15 is 0 Å². The Hall–Kier alpha value is -5.57. The fourth-order valence-corrected chi connectivity index (χ4v) is 4.11. The Bertz CT molecular complexity index is 1760. The summed E-state index contributed by atoms with van der Waals surface area (Å²) in [5.74, 6) is 1.94. The Morgan fingerprint density at radius 1 is 0.711 bits per heavy atom. The summed E-state index contributed by atoms with van der Waals surface area (Å²) in [4.78, 5) is 12.6. The van der Waals surface area contributed by atoms with Gasteiger partial charge in [0, 0.05) is 34.4 Å². The third-order valence-corrected chi connectivity index (χ3v) is 5.90. The zero-order valence-corrected chi connectivity index (χ0v) is 20.0. The van der Waals surface area contributed by atoms with Gasteiger partial charge in [-0.2, -0.15) is 0 Å². The maximum Gasteiger partial charge on any atom is 0.228 e. The molecule has 3 aromatic heterocycles. The van der Waals surface area contributed by atoms with Crippen molar-refractivity contribution < 1.29 is 9.84 Å². The van der Waals surface area contributed by atoms with Crippen molar-refractivity contribution in [3.05, 3.63) is 103 Å². The van der Waals surface area contributed by atoms with Gasteiger partial charge in [0.1, 0.15) is 17.2 Å². The van der Waals surface area contributed by atoms with E-state index in [0.29, 0.717) is 40.0 Å². The van der Waals surface area contributed by atoms with Crippen LogP contribution in [0.3, 0.4) is 0 Å². The van der Waals surface area contributed by atoms with Crippen molar-refractivity contribution in [3.63, 3.8) is 0 Å². The number of hydrogen-bond donors (Lipinski definition) is 3. The number of aromatic hydroxyl groups is 1. The van der Waals surface area contributed by atoms with Gasteiger partial charge in [-0.25, -0.2) is 15.0 Å². The summed E-state index contributed by atoms with van der Waals surface area (Å²) in [6, 6.07) is 27.8. The van der Waals surface area contributed by atoms with Gasteiger partial charge in [-0.1, -0.05) is 36.4 Å². The first-order valence-electron chi connectivity index (χ1n) is 11.8. The van der Waals surface area contributed by atoms with Crippen molar-refractivity contribution in [2.75, 3.05) is 11.1 Å². The second-order valence-electron chi connectivity index (χ2n) is 8.37. The first-order valence-corrected chi connectivity index (χ1v) is 11.8. The van der Waals surface area contributed by atoms with Gasteiger partial charge >= 0.3 is 0 Å². The molecule has 0 aliphatic carbocycles. The second-order valence-corrected chi connectivity index (χ2v) is 8.37. The molecule has 0 atom stereocenters. The molecule has 0 bridgehead atoms. The SMILES string of the molecule is Nc1nccc(-c2cccnc2Oc2ccc(Nc3nnc(-c4ccccc4O)c4ccccc34)cc2)n1. The van der Waals surface area contributed by atoms with Crippen LogP contribution in [0.1, 0.15) is 0 Å². The normalized spacial score (nSPS) is 10.8. The average Bonchev–Trinajstić information content (AvgIpc) is 2.95. The van der Waals surface area contributed by atoms with E-state index in [2.05, 4.69) is 30.5 Å². The highest BCUT2D eigenvalue weighted by Gasteiger charge is 2.14. The van der Waals surface area contributed by atoms with Gasteiger partial charge in [0.15, 0.2) is 5.82 Å². The number of phenols is 1. The Morgan fingerprint density at radius 2 is 1.47 bits per heavy atom. The monoisotopic (exact) mass is 499 g/mol. The Labute approximate surface area is 217 Å². The number of benzene rings is 3. The Morgan fingerprint density at radius 3 is 2.29 bits per heavy atom. The van der Waals surface area contributed by atoms with Crippen LogP contribution in [0.4, 0.5) is 17.5 Å². The van der Waals surface area contributed by atoms with E-state index in [1.54, 1.807) is 30.6 Å². The average molecular weight is 500 g/mol. The van der Waals surface area contributed by atoms with Crippen LogP contribution in [0, 0.1) is 0 Å². The van der Waals surface area contributed by atoms with Crippen LogP contribution in [0.25, 0.3) is 33.3 Å². The van der Waals surface area contributed by atoms with Crippen molar-refractivity contribution in [2.45, 2.75) is 0 Å². The summed E-state index contributed by atoms with van der Waals surface area (Å²) >= 11 is 0. The van der Waals surface area contributed by atoms with Crippen molar-refractivity contribution in [3.8, 4) is 39.9 Å². The van der Waals surface area contributed by atoms with Crippen molar-refractivity contribution in [1.82, 2.24) is 25.1 Å². The molecule has 0 unspecified atom stereocenters. The van der Waals surface area contributed by atoms with Crippen LogP contribution in [0.2, 0.25) is 0 Å². The number of nitrogen functional groups attached to an aromatic ring is 1. The zero-order valence-electron chi connectivity index (χ0n) is 20.0. The quantitative estimate of drug-likeness (QED) is 0.253. The molecule has 0 fully saturated rings. The van der Waals surface area contributed by atoms with Gasteiger partial charge in [-0.15, -0.1) is 10.2 Å². The van der Waals surface area contributed by atoms with Crippen LogP contribution < -0.4 is 15.8 Å². The van der Waals surface area contributed by atoms with E-state index in [4.69, 9.17) is 10.5 Å². The maximum atomic E-state index is 10.3. The fourth-order valence-electron chi connectivity index (χ4n) is 4.11. The third kappa shape index (κ3) is 4.51. The molecular weight excluding hydrogens is 478 g/mol. The van der Waals surface area contributed by atoms with Gasteiger partial charge in [0.25, 0.3) is 0 Å². The van der Waals surface area contributed by atoms with E-state index in [1.807, 2.05) is 72.8 Å². The minimum Gasteiger partial charge on any atom is -0.507 e. The molecule has 6 aromatic rings. The van der Waals surface area contributed by atoms with Gasteiger partial charge in [-0.3, -0.25) is 0 Å². The number of nitrogens with two attached hydrogens (primary N) is 1. The molecule has 6 rings (SSSR count). The molecule has 0 radical (unpaired) electrons. The first kappa shape index (κ1) is 22.9. The highest BCUT2D eigenvalue weighted by molar-refractivity contribution is 6.01. The highest BCUT2D eigenvalue weighted by atomic mass is 16.5. The number of anilines is 3. The lowest BCUT2D eigenvalue weighted by Gasteiger charge is -2.13. The predicted molar refractivity (Wildman–Crippen MR) is 146 cm³/mol. The minimum absolute atomic E-state index is 0.155. The number of nitrogens with one attached hydrogen (secondary N) is 1. The number of pyridine rings is 1. The minimum atomic E-state index is 0.155. The molecule has 9 heteroatoms. The summed E-state index contributed by atoms with van der Waals surface area (Å²) in [7, 11) is 0. The molecule has 3 heterocycles. The molecule has 4 N–H and O–H groups in total. The van der Waals surface area contributed by atoms with E-state index < -0.39 is 0 Å². The summed E-state index contributed by atoms with van der Waals surface area (Å²) < 4.78 is 6.06. The third-order valence-electron chi connectivity index (χ3n) is 5.90. The lowest BCUT2D eigenvalue weighted by molar-refractivity contribution is 0.465. The standard InChI is InChI=1S/C29H21N7O2/c30-29-32-17-15-24(34-29)22-9-5-16-31-28(22)38-19-13-11-18(12-14-19)33-27-21-7-2-1-6-20(21)26(35-36-27)23-8-3-4-10-25(23)37/h1-17,37H,(H,33,36)(H2,30,32,34). The van der Waals surface area contributed by atoms with Gasteiger partial charge < -0.3 is 20.9 Å². The van der Waals surface area contributed by atoms with E-state index in [1.165, 1.54) is 0 Å². The summed E-state index contributed by atoms with van der Waals surface area (Å²) in [5, 5.41) is 24.3. The van der Waals surface area contributed by atoms with Crippen LogP contribution in [0.5, 0.6) is 17.4 Å². The summed E-state index contributed by atoms with van der Waals surface area (Å²) in [6.07, 6.45) is 3.25. The molecule has 0 amide bonds. The molecule has 184 valence electrons. The van der Waals surface area contributed by atoms with Crippen LogP contribution in [-0.2, 0) is 0 Å². The molecule has 3 aromatic carbocycles. The van der Waals surface area contributed by atoms with E-state index in [-0.39, 0.29) is 11.7 Å². The number of aromatic nitrogens is 5. The molecule has 9 nitrogen and oxygen atoms in total. The summed E-state index contributed by atoms with van der Waals surface area (Å²) in [5.41, 5.74) is 9.12. The molecule has 0 aliphatic rings. The maximum absolute atomic E-state index is 10.3. The number of phenolic OH excluding ortho intramolecular Hbond substituents is 1. The molecule has 0 spiro atoms. The smallest absolute Gasteiger partial charge is 0.228 e. The predicted octanol–water partition coefficient (Wildman–Crippen LogP) is 5.97. The van der Waals surface area contributed by atoms with E-state index in [9.17, 15) is 5.11 Å². The first-order chi connectivity index (χ1) is 18.7. The lowest BCUT2D eigenvalue weighted by atomic mass is 10.0. The van der Waals surface area contributed by atoms with Gasteiger partial charge in [0.05, 0.1) is 11.3 Å². The number of fused-ring (bicyclic) bond motifs is 1. The number of para-hydroxylation sites is 1. The molecule has 0 saturated carbocycles. The van der Waals surface area contributed by atoms with Crippen molar-refractivity contribution in [2.24, 2.45) is 0 Å². The van der Waals surface area contributed by atoms with Gasteiger partial charge in [-0.05, 0) is 54.6 Å². The van der Waals surface area contributed by atoms with Crippen molar-refractivity contribution in [1.29, 1.82) is 0 Å². The topological polar surface area (TPSA) is 132 Å². The largest absolute Gasteiger partial charge is 0.507 e. The zero-order chi connectivity index (χ0) is 25.9. The number of ether oxygens (including phenoxy) is 1. The molecule has 0 aliphatic heterocycles. The molecule has 0 saturated heterocycles. The number of rotatable bonds is 6. The molecule has 38 heavy (non-hydrogen) atoms. The number of nitrogens with zero attached hydrogens (tertiary/aromatic N) is 5. The van der Waals surface area contributed by atoms with Gasteiger partial charge in [0.2, 0.25) is 11.8 Å². The second kappa shape index (κ2) is 9.82. The number of hydrogen-bond acceptors (Lipinski definition) is 9.